The van der Waals surface area contributed by atoms with Gasteiger partial charge in [0.25, 0.3) is 11.8 Å². The molecule has 0 aromatic heterocycles. The first-order valence-electron chi connectivity index (χ1n) is 7.47. The second kappa shape index (κ2) is 7.90. The van der Waals surface area contributed by atoms with Crippen molar-refractivity contribution in [2.24, 2.45) is 0 Å². The number of benzene rings is 2. The van der Waals surface area contributed by atoms with Crippen molar-refractivity contribution >= 4 is 57.8 Å². The second-order valence-corrected chi connectivity index (χ2v) is 7.26. The first-order valence-corrected chi connectivity index (χ1v) is 9.08. The van der Waals surface area contributed by atoms with Crippen molar-refractivity contribution < 1.29 is 14.3 Å². The first kappa shape index (κ1) is 18.4. The Labute approximate surface area is 164 Å². The van der Waals surface area contributed by atoms with Gasteiger partial charge in [-0.25, -0.2) is 0 Å². The molecule has 1 N–H and O–H groups in total. The van der Waals surface area contributed by atoms with Crippen LogP contribution in [0.1, 0.15) is 15.9 Å². The number of hydrazine groups is 1. The van der Waals surface area contributed by atoms with Crippen LogP contribution in [0.4, 0.5) is 0 Å². The third-order valence-corrected chi connectivity index (χ3v) is 5.20. The summed E-state index contributed by atoms with van der Waals surface area (Å²) in [6.45, 7) is 0. The molecule has 0 spiro atoms. The number of carbonyl (C=O) groups is 2. The van der Waals surface area contributed by atoms with Crippen molar-refractivity contribution in [3.05, 3.63) is 69.6 Å². The van der Waals surface area contributed by atoms with Crippen LogP contribution in [-0.4, -0.2) is 28.3 Å². The Kier molecular flexibility index (Phi) is 5.61. The molecule has 0 atom stereocenters. The number of nitrogens with one attached hydrogen (secondary N) is 1. The number of methoxy groups -OCH3 is 1. The van der Waals surface area contributed by atoms with Crippen LogP contribution in [0.3, 0.4) is 0 Å². The van der Waals surface area contributed by atoms with Gasteiger partial charge in [-0.2, -0.15) is 5.01 Å². The number of thioether (sulfide) groups is 1. The van der Waals surface area contributed by atoms with Crippen molar-refractivity contribution in [3.8, 4) is 5.75 Å². The van der Waals surface area contributed by atoms with E-state index in [1.807, 2.05) is 6.07 Å². The molecule has 0 radical (unpaired) electrons. The van der Waals surface area contributed by atoms with Gasteiger partial charge in [0.05, 0.1) is 17.6 Å². The average molecular weight is 405 g/mol. The summed E-state index contributed by atoms with van der Waals surface area (Å²) in [5.74, 6) is -0.497. The number of halogens is 1. The zero-order valence-electron chi connectivity index (χ0n) is 13.6. The second-order valence-electron chi connectivity index (χ2n) is 5.18. The molecule has 1 aliphatic rings. The van der Waals surface area contributed by atoms with Gasteiger partial charge in [-0.15, -0.1) is 0 Å². The van der Waals surface area contributed by atoms with Gasteiger partial charge < -0.3 is 4.74 Å². The van der Waals surface area contributed by atoms with Crippen molar-refractivity contribution in [1.29, 1.82) is 0 Å². The van der Waals surface area contributed by atoms with E-state index in [0.29, 0.717) is 26.8 Å². The minimum absolute atomic E-state index is 0.233. The largest absolute Gasteiger partial charge is 0.496 e. The number of hydrogen-bond donors (Lipinski definition) is 1. The van der Waals surface area contributed by atoms with E-state index in [4.69, 9.17) is 28.6 Å². The van der Waals surface area contributed by atoms with Crippen LogP contribution in [0.25, 0.3) is 6.08 Å². The standard InChI is InChI=1S/C18H13ClN2O3S2/c1-24-14-9-5-3-7-12(14)16(22)20-21-17(23)15(26-18(21)25)10-11-6-2-4-8-13(11)19/h2-10H,1H3,(H,20,22). The molecule has 1 saturated heterocycles. The molecule has 5 nitrogen and oxygen atoms in total. The van der Waals surface area contributed by atoms with E-state index in [0.717, 1.165) is 16.8 Å². The third kappa shape index (κ3) is 3.75. The highest BCUT2D eigenvalue weighted by Crippen LogP contribution is 2.33. The molecule has 8 heteroatoms. The van der Waals surface area contributed by atoms with Crippen molar-refractivity contribution in [3.63, 3.8) is 0 Å². The summed E-state index contributed by atoms with van der Waals surface area (Å²) in [6.07, 6.45) is 1.65. The van der Waals surface area contributed by atoms with Gasteiger partial charge in [-0.1, -0.05) is 53.7 Å². The van der Waals surface area contributed by atoms with Gasteiger partial charge in [-0.05, 0) is 42.1 Å². The molecule has 2 aromatic rings. The molecule has 0 unspecified atom stereocenters. The number of amides is 2. The summed E-state index contributed by atoms with van der Waals surface area (Å²) in [5.41, 5.74) is 3.53. The lowest BCUT2D eigenvalue weighted by Crippen LogP contribution is -2.44. The van der Waals surface area contributed by atoms with Gasteiger partial charge in [0.1, 0.15) is 5.75 Å². The molecule has 0 bridgehead atoms. The van der Waals surface area contributed by atoms with Gasteiger partial charge >= 0.3 is 0 Å². The predicted molar refractivity (Wildman–Crippen MR) is 107 cm³/mol. The Morgan fingerprint density at radius 2 is 1.92 bits per heavy atom. The summed E-state index contributed by atoms with van der Waals surface area (Å²) >= 11 is 12.4. The number of para-hydroxylation sites is 1. The van der Waals surface area contributed by atoms with Crippen LogP contribution < -0.4 is 10.2 Å². The highest BCUT2D eigenvalue weighted by Gasteiger charge is 2.34. The third-order valence-electron chi connectivity index (χ3n) is 3.55. The minimum Gasteiger partial charge on any atom is -0.496 e. The Hall–Kier alpha value is -2.35. The number of hydrogen-bond acceptors (Lipinski definition) is 5. The number of thiocarbonyl (C=S) groups is 1. The van der Waals surface area contributed by atoms with Crippen LogP contribution in [0.5, 0.6) is 5.75 Å². The Morgan fingerprint density at radius 3 is 2.65 bits per heavy atom. The molecular weight excluding hydrogens is 392 g/mol. The Morgan fingerprint density at radius 1 is 1.23 bits per heavy atom. The zero-order chi connectivity index (χ0) is 18.7. The topological polar surface area (TPSA) is 58.6 Å². The SMILES string of the molecule is COc1ccccc1C(=O)NN1C(=O)C(=Cc2ccccc2Cl)SC1=S. The van der Waals surface area contributed by atoms with Crippen LogP contribution in [0.2, 0.25) is 5.02 Å². The fraction of sp³-hybridized carbons (Fsp3) is 0.0556. The molecular formula is C18H13ClN2O3S2. The highest BCUT2D eigenvalue weighted by molar-refractivity contribution is 8.26. The maximum atomic E-state index is 12.6. The summed E-state index contributed by atoms with van der Waals surface area (Å²) in [6, 6.07) is 13.9. The van der Waals surface area contributed by atoms with E-state index in [1.165, 1.54) is 7.11 Å². The van der Waals surface area contributed by atoms with Gasteiger partial charge in [0, 0.05) is 5.02 Å². The number of nitrogens with zero attached hydrogens (tertiary/aromatic N) is 1. The smallest absolute Gasteiger partial charge is 0.285 e. The molecule has 0 aliphatic carbocycles. The molecule has 2 aromatic carbocycles. The fourth-order valence-corrected chi connectivity index (χ4v) is 3.65. The monoisotopic (exact) mass is 404 g/mol. The lowest BCUT2D eigenvalue weighted by atomic mass is 10.2. The number of ether oxygens (including phenoxy) is 1. The van der Waals surface area contributed by atoms with E-state index in [2.05, 4.69) is 5.43 Å². The van der Waals surface area contributed by atoms with Crippen molar-refractivity contribution in [1.82, 2.24) is 10.4 Å². The molecule has 1 heterocycles. The maximum Gasteiger partial charge on any atom is 0.285 e. The zero-order valence-corrected chi connectivity index (χ0v) is 16.0. The predicted octanol–water partition coefficient (Wildman–Crippen LogP) is 3.89. The summed E-state index contributed by atoms with van der Waals surface area (Å²) in [7, 11) is 1.47. The summed E-state index contributed by atoms with van der Waals surface area (Å²) in [5, 5.41) is 1.58. The van der Waals surface area contributed by atoms with E-state index in [-0.39, 0.29) is 4.32 Å². The molecule has 2 amide bonds. The van der Waals surface area contributed by atoms with E-state index in [1.54, 1.807) is 48.5 Å². The minimum atomic E-state index is -0.488. The molecule has 0 saturated carbocycles. The average Bonchev–Trinajstić information content (AvgIpc) is 2.91. The van der Waals surface area contributed by atoms with Gasteiger partial charge in [-0.3, -0.25) is 15.0 Å². The lowest BCUT2D eigenvalue weighted by Gasteiger charge is -2.16. The Balaban J connectivity index is 1.82. The van der Waals surface area contributed by atoms with E-state index < -0.39 is 11.8 Å². The van der Waals surface area contributed by atoms with Crippen LogP contribution in [0.15, 0.2) is 53.4 Å². The molecule has 1 fully saturated rings. The molecule has 3 rings (SSSR count). The maximum absolute atomic E-state index is 12.6. The Bertz CT molecular complexity index is 930. The lowest BCUT2D eigenvalue weighted by molar-refractivity contribution is -0.123. The molecule has 26 heavy (non-hydrogen) atoms. The van der Waals surface area contributed by atoms with Crippen molar-refractivity contribution in [2.45, 2.75) is 0 Å². The quantitative estimate of drug-likeness (QED) is 0.618. The summed E-state index contributed by atoms with van der Waals surface area (Å²) < 4.78 is 5.40. The summed E-state index contributed by atoms with van der Waals surface area (Å²) in [4.78, 5) is 25.5. The highest BCUT2D eigenvalue weighted by atomic mass is 35.5. The molecule has 132 valence electrons. The van der Waals surface area contributed by atoms with Crippen LogP contribution in [0, 0.1) is 0 Å². The first-order chi connectivity index (χ1) is 12.5. The number of rotatable bonds is 4. The molecule has 1 aliphatic heterocycles. The normalized spacial score (nSPS) is 15.5. The van der Waals surface area contributed by atoms with Crippen LogP contribution >= 0.6 is 35.6 Å². The number of carbonyl (C=O) groups excluding carboxylic acids is 2. The van der Waals surface area contributed by atoms with E-state index in [9.17, 15) is 9.59 Å². The fourth-order valence-electron chi connectivity index (χ4n) is 2.29. The van der Waals surface area contributed by atoms with Crippen LogP contribution in [-0.2, 0) is 4.79 Å². The van der Waals surface area contributed by atoms with Gasteiger partial charge in [0.2, 0.25) is 0 Å². The van der Waals surface area contributed by atoms with Gasteiger partial charge in [0.15, 0.2) is 4.32 Å². The van der Waals surface area contributed by atoms with E-state index >= 15 is 0 Å². The van der Waals surface area contributed by atoms with Crippen molar-refractivity contribution in [2.75, 3.05) is 7.11 Å².